The van der Waals surface area contributed by atoms with Crippen LogP contribution in [-0.2, 0) is 9.47 Å². The van der Waals surface area contributed by atoms with Crippen molar-refractivity contribution in [3.63, 3.8) is 0 Å². The zero-order valence-corrected chi connectivity index (χ0v) is 6.73. The van der Waals surface area contributed by atoms with Gasteiger partial charge in [0.1, 0.15) is 6.10 Å². The molecular weight excluding hydrogens is 148 g/mol. The quantitative estimate of drug-likeness (QED) is 0.545. The fourth-order valence-electron chi connectivity index (χ4n) is 1.16. The van der Waals surface area contributed by atoms with Gasteiger partial charge in [0.25, 0.3) is 0 Å². The Morgan fingerprint density at radius 3 is 2.55 bits per heavy atom. The Bertz CT molecular complexity index is 128. The molecule has 0 aromatic rings. The molecule has 1 heterocycles. The largest absolute Gasteiger partial charge is 0.390 e. The first-order chi connectivity index (χ1) is 5.15. The molecule has 4 atom stereocenters. The summed E-state index contributed by atoms with van der Waals surface area (Å²) in [5.41, 5.74) is 0. The summed E-state index contributed by atoms with van der Waals surface area (Å²) in [6, 6.07) is 0. The molecule has 0 aromatic carbocycles. The summed E-state index contributed by atoms with van der Waals surface area (Å²) in [4.78, 5) is 0. The van der Waals surface area contributed by atoms with Gasteiger partial charge >= 0.3 is 0 Å². The highest BCUT2D eigenvalue weighted by Gasteiger charge is 2.33. The summed E-state index contributed by atoms with van der Waals surface area (Å²) in [5, 5.41) is 18.5. The highest BCUT2D eigenvalue weighted by atomic mass is 16.7. The fourth-order valence-corrected chi connectivity index (χ4v) is 1.16. The third kappa shape index (κ3) is 1.90. The van der Waals surface area contributed by atoms with Crippen LogP contribution in [0.2, 0.25) is 0 Å². The van der Waals surface area contributed by atoms with E-state index in [1.165, 1.54) is 7.11 Å². The van der Waals surface area contributed by atoms with Crippen molar-refractivity contribution in [2.45, 2.75) is 37.9 Å². The zero-order chi connectivity index (χ0) is 8.43. The molecule has 1 saturated heterocycles. The van der Waals surface area contributed by atoms with Gasteiger partial charge in [0, 0.05) is 13.5 Å². The van der Waals surface area contributed by atoms with Gasteiger partial charge in [-0.25, -0.2) is 0 Å². The molecule has 4 nitrogen and oxygen atoms in total. The van der Waals surface area contributed by atoms with Gasteiger partial charge in [0.05, 0.1) is 12.2 Å². The standard InChI is InChI=1S/C7H14O4/c1-4-5(8)3-6(9)7(10-2)11-4/h4-9H,3H2,1-2H3/t4-,5+,6+,7+/m1/s1. The smallest absolute Gasteiger partial charge is 0.183 e. The lowest BCUT2D eigenvalue weighted by molar-refractivity contribution is -0.251. The van der Waals surface area contributed by atoms with E-state index in [2.05, 4.69) is 0 Å². The van der Waals surface area contributed by atoms with Crippen LogP contribution in [0.1, 0.15) is 13.3 Å². The van der Waals surface area contributed by atoms with Crippen molar-refractivity contribution in [2.24, 2.45) is 0 Å². The van der Waals surface area contributed by atoms with Gasteiger partial charge in [0.2, 0.25) is 0 Å². The van der Waals surface area contributed by atoms with Crippen molar-refractivity contribution in [3.05, 3.63) is 0 Å². The van der Waals surface area contributed by atoms with Gasteiger partial charge in [-0.3, -0.25) is 0 Å². The molecule has 0 radical (unpaired) electrons. The van der Waals surface area contributed by atoms with Crippen molar-refractivity contribution in [1.29, 1.82) is 0 Å². The SMILES string of the molecule is CO[C@H]1O[C@H](C)[C@@H](O)C[C@@H]1O. The minimum atomic E-state index is -0.716. The van der Waals surface area contributed by atoms with Gasteiger partial charge in [0.15, 0.2) is 6.29 Å². The number of rotatable bonds is 1. The molecule has 1 aliphatic rings. The molecular formula is C7H14O4. The molecule has 66 valence electrons. The van der Waals surface area contributed by atoms with Crippen LogP contribution in [0, 0.1) is 0 Å². The highest BCUT2D eigenvalue weighted by Crippen LogP contribution is 2.19. The first-order valence-electron chi connectivity index (χ1n) is 3.69. The molecule has 0 aromatic heterocycles. The Labute approximate surface area is 65.7 Å². The predicted octanol–water partition coefficient (Wildman–Crippen LogP) is -0.510. The Morgan fingerprint density at radius 1 is 1.36 bits per heavy atom. The Kier molecular flexibility index (Phi) is 2.84. The van der Waals surface area contributed by atoms with E-state index >= 15 is 0 Å². The first-order valence-corrected chi connectivity index (χ1v) is 3.69. The van der Waals surface area contributed by atoms with Crippen molar-refractivity contribution in [1.82, 2.24) is 0 Å². The van der Waals surface area contributed by atoms with E-state index in [1.54, 1.807) is 6.92 Å². The van der Waals surface area contributed by atoms with Gasteiger partial charge < -0.3 is 19.7 Å². The number of hydrogen-bond acceptors (Lipinski definition) is 4. The minimum absolute atomic E-state index is 0.261. The highest BCUT2D eigenvalue weighted by molar-refractivity contribution is 4.77. The second kappa shape index (κ2) is 3.49. The lowest BCUT2D eigenvalue weighted by atomic mass is 10.0. The van der Waals surface area contributed by atoms with Crippen molar-refractivity contribution < 1.29 is 19.7 Å². The van der Waals surface area contributed by atoms with E-state index in [0.717, 1.165) is 0 Å². The van der Waals surface area contributed by atoms with E-state index in [0.29, 0.717) is 6.42 Å². The monoisotopic (exact) mass is 162 g/mol. The molecule has 1 aliphatic heterocycles. The van der Waals surface area contributed by atoms with Crippen LogP contribution in [-0.4, -0.2) is 41.9 Å². The lowest BCUT2D eigenvalue weighted by Gasteiger charge is -2.34. The average molecular weight is 162 g/mol. The third-order valence-corrected chi connectivity index (χ3v) is 1.92. The van der Waals surface area contributed by atoms with Crippen LogP contribution < -0.4 is 0 Å². The molecule has 0 bridgehead atoms. The van der Waals surface area contributed by atoms with E-state index in [4.69, 9.17) is 9.47 Å². The predicted molar refractivity (Wildman–Crippen MR) is 38.0 cm³/mol. The van der Waals surface area contributed by atoms with Crippen LogP contribution in [0.5, 0.6) is 0 Å². The first kappa shape index (κ1) is 8.93. The maximum atomic E-state index is 9.25. The molecule has 11 heavy (non-hydrogen) atoms. The van der Waals surface area contributed by atoms with Gasteiger partial charge in [-0.05, 0) is 6.92 Å². The maximum absolute atomic E-state index is 9.25. The van der Waals surface area contributed by atoms with Gasteiger partial charge in [-0.15, -0.1) is 0 Å². The van der Waals surface area contributed by atoms with Crippen LogP contribution in [0.4, 0.5) is 0 Å². The van der Waals surface area contributed by atoms with Crippen molar-refractivity contribution >= 4 is 0 Å². The molecule has 0 aliphatic carbocycles. The second-order valence-corrected chi connectivity index (χ2v) is 2.82. The molecule has 2 N–H and O–H groups in total. The summed E-state index contributed by atoms with van der Waals surface area (Å²) in [5.74, 6) is 0. The zero-order valence-electron chi connectivity index (χ0n) is 6.73. The van der Waals surface area contributed by atoms with E-state index in [9.17, 15) is 10.2 Å². The van der Waals surface area contributed by atoms with Crippen LogP contribution >= 0.6 is 0 Å². The molecule has 4 heteroatoms. The van der Waals surface area contributed by atoms with E-state index in [1.807, 2.05) is 0 Å². The maximum Gasteiger partial charge on any atom is 0.183 e. The lowest BCUT2D eigenvalue weighted by Crippen LogP contribution is -2.46. The third-order valence-electron chi connectivity index (χ3n) is 1.92. The van der Waals surface area contributed by atoms with Crippen molar-refractivity contribution in [3.8, 4) is 0 Å². The van der Waals surface area contributed by atoms with Crippen LogP contribution in [0.25, 0.3) is 0 Å². The van der Waals surface area contributed by atoms with Gasteiger partial charge in [-0.2, -0.15) is 0 Å². The summed E-state index contributed by atoms with van der Waals surface area (Å²) in [6.45, 7) is 1.75. The molecule has 1 rings (SSSR count). The Morgan fingerprint density at radius 2 is 2.00 bits per heavy atom. The summed E-state index contributed by atoms with van der Waals surface area (Å²) >= 11 is 0. The van der Waals surface area contributed by atoms with Crippen molar-refractivity contribution in [2.75, 3.05) is 7.11 Å². The van der Waals surface area contributed by atoms with Crippen LogP contribution in [0.3, 0.4) is 0 Å². The van der Waals surface area contributed by atoms with E-state index in [-0.39, 0.29) is 6.10 Å². The summed E-state index contributed by atoms with van der Waals surface area (Å²) < 4.78 is 9.98. The molecule has 1 fully saturated rings. The molecule has 0 unspecified atom stereocenters. The molecule has 0 amide bonds. The minimum Gasteiger partial charge on any atom is -0.390 e. The van der Waals surface area contributed by atoms with Gasteiger partial charge in [-0.1, -0.05) is 0 Å². The molecule has 0 spiro atoms. The summed E-state index contributed by atoms with van der Waals surface area (Å²) in [6.07, 6.45) is -1.83. The Balaban J connectivity index is 2.48. The number of methoxy groups -OCH3 is 1. The number of aliphatic hydroxyl groups is 2. The second-order valence-electron chi connectivity index (χ2n) is 2.82. The normalized spacial score (nSPS) is 45.8. The number of hydrogen-bond donors (Lipinski definition) is 2. The number of aliphatic hydroxyl groups excluding tert-OH is 2. The van der Waals surface area contributed by atoms with Crippen LogP contribution in [0.15, 0.2) is 0 Å². The van der Waals surface area contributed by atoms with E-state index < -0.39 is 18.5 Å². The number of ether oxygens (including phenoxy) is 2. The topological polar surface area (TPSA) is 58.9 Å². The molecule has 0 saturated carbocycles. The average Bonchev–Trinajstić information content (AvgIpc) is 1.97. The summed E-state index contributed by atoms with van der Waals surface area (Å²) in [7, 11) is 1.47. The fraction of sp³-hybridized carbons (Fsp3) is 1.00. The Hall–Kier alpha value is -0.160.